The quantitative estimate of drug-likeness (QED) is 0.293. The molecular formula is C24H18F3N3O6S. The molecule has 0 aliphatic rings. The number of carbonyl (C=O) groups excluding carboxylic acids is 1. The average Bonchev–Trinajstić information content (AvgIpc) is 2.87. The second kappa shape index (κ2) is 11.1. The molecule has 0 spiro atoms. The van der Waals surface area contributed by atoms with Crippen molar-refractivity contribution in [3.05, 3.63) is 99.6 Å². The van der Waals surface area contributed by atoms with Crippen LogP contribution in [0.4, 0.5) is 18.9 Å². The predicted octanol–water partition coefficient (Wildman–Crippen LogP) is 4.48. The standard InChI is InChI=1S/C24H18F3N3O6S/c25-24(26,27)16-36-21-11-5-3-9-19(21)23(31)29(14-13-17-7-1-2-8-18(17)15-28)37(34,35)22-12-6-4-10-20(22)30(32)33/h1-12H,13-14,16H2. The maximum absolute atomic E-state index is 13.6. The summed E-state index contributed by atoms with van der Waals surface area (Å²) in [6.45, 7) is -2.30. The van der Waals surface area contributed by atoms with Crippen LogP contribution in [-0.4, -0.2) is 42.9 Å². The highest BCUT2D eigenvalue weighted by molar-refractivity contribution is 7.89. The van der Waals surface area contributed by atoms with Crippen molar-refractivity contribution >= 4 is 21.6 Å². The van der Waals surface area contributed by atoms with Crippen molar-refractivity contribution in [3.8, 4) is 11.8 Å². The molecule has 37 heavy (non-hydrogen) atoms. The van der Waals surface area contributed by atoms with Gasteiger partial charge in [-0.1, -0.05) is 42.5 Å². The Morgan fingerprint density at radius 1 is 1.03 bits per heavy atom. The van der Waals surface area contributed by atoms with E-state index in [1.807, 2.05) is 6.07 Å². The van der Waals surface area contributed by atoms with Crippen LogP contribution in [0.3, 0.4) is 0 Å². The molecule has 3 aromatic rings. The molecule has 0 aliphatic heterocycles. The Labute approximate surface area is 209 Å². The van der Waals surface area contributed by atoms with E-state index in [-0.39, 0.29) is 12.0 Å². The molecule has 0 saturated heterocycles. The van der Waals surface area contributed by atoms with E-state index in [9.17, 15) is 41.8 Å². The molecule has 0 aromatic heterocycles. The first-order valence-electron chi connectivity index (χ1n) is 10.5. The first-order valence-corrected chi connectivity index (χ1v) is 12.0. The first-order chi connectivity index (χ1) is 17.5. The lowest BCUT2D eigenvalue weighted by Gasteiger charge is -2.24. The number of nitro benzene ring substituents is 1. The molecule has 1 amide bonds. The lowest BCUT2D eigenvalue weighted by atomic mass is 10.1. The number of halogens is 3. The Bertz CT molecular complexity index is 1470. The fraction of sp³-hybridized carbons (Fsp3) is 0.167. The van der Waals surface area contributed by atoms with E-state index < -0.39 is 62.1 Å². The monoisotopic (exact) mass is 533 g/mol. The Kier molecular flexibility index (Phi) is 8.14. The lowest BCUT2D eigenvalue weighted by Crippen LogP contribution is -2.39. The molecule has 3 rings (SSSR count). The van der Waals surface area contributed by atoms with Gasteiger partial charge < -0.3 is 4.74 Å². The third kappa shape index (κ3) is 6.42. The number of benzene rings is 3. The van der Waals surface area contributed by atoms with E-state index in [4.69, 9.17) is 4.74 Å². The van der Waals surface area contributed by atoms with Crippen molar-refractivity contribution in [1.82, 2.24) is 4.31 Å². The van der Waals surface area contributed by atoms with Crippen LogP contribution in [-0.2, 0) is 16.4 Å². The number of para-hydroxylation sites is 2. The number of amides is 1. The molecule has 192 valence electrons. The number of nitrogens with zero attached hydrogens (tertiary/aromatic N) is 3. The molecular weight excluding hydrogens is 515 g/mol. The van der Waals surface area contributed by atoms with Crippen LogP contribution >= 0.6 is 0 Å². The summed E-state index contributed by atoms with van der Waals surface area (Å²) in [5.41, 5.74) is -0.684. The molecule has 0 unspecified atom stereocenters. The molecule has 0 N–H and O–H groups in total. The molecule has 3 aromatic carbocycles. The minimum absolute atomic E-state index is 0.152. The SMILES string of the molecule is N#Cc1ccccc1CCN(C(=O)c1ccccc1OCC(F)(F)F)S(=O)(=O)c1ccccc1[N+](=O)[O-]. The summed E-state index contributed by atoms with van der Waals surface area (Å²) in [7, 11) is -4.89. The van der Waals surface area contributed by atoms with Crippen molar-refractivity contribution in [2.24, 2.45) is 0 Å². The Hall–Kier alpha value is -4.44. The first kappa shape index (κ1) is 27.2. The predicted molar refractivity (Wildman–Crippen MR) is 124 cm³/mol. The molecule has 0 heterocycles. The molecule has 0 saturated carbocycles. The maximum Gasteiger partial charge on any atom is 0.422 e. The van der Waals surface area contributed by atoms with Gasteiger partial charge in [0.05, 0.1) is 22.1 Å². The molecule has 0 bridgehead atoms. The zero-order chi connectivity index (χ0) is 27.2. The van der Waals surface area contributed by atoms with E-state index in [0.717, 1.165) is 24.3 Å². The summed E-state index contributed by atoms with van der Waals surface area (Å²) in [5.74, 6) is -1.78. The van der Waals surface area contributed by atoms with Gasteiger partial charge in [0.25, 0.3) is 21.6 Å². The number of hydrogen-bond donors (Lipinski definition) is 0. The molecule has 9 nitrogen and oxygen atoms in total. The van der Waals surface area contributed by atoms with Gasteiger partial charge in [0.2, 0.25) is 0 Å². The van der Waals surface area contributed by atoms with Gasteiger partial charge in [-0.2, -0.15) is 18.4 Å². The van der Waals surface area contributed by atoms with Gasteiger partial charge in [-0.3, -0.25) is 14.9 Å². The maximum atomic E-state index is 13.6. The number of nitriles is 1. The third-order valence-electron chi connectivity index (χ3n) is 5.09. The Morgan fingerprint density at radius 3 is 2.32 bits per heavy atom. The molecule has 0 aliphatic carbocycles. The van der Waals surface area contributed by atoms with Crippen LogP contribution < -0.4 is 4.74 Å². The lowest BCUT2D eigenvalue weighted by molar-refractivity contribution is -0.387. The highest BCUT2D eigenvalue weighted by Crippen LogP contribution is 2.30. The zero-order valence-electron chi connectivity index (χ0n) is 18.9. The summed E-state index contributed by atoms with van der Waals surface area (Å²) in [6, 6.07) is 17.3. The largest absolute Gasteiger partial charge is 0.483 e. The van der Waals surface area contributed by atoms with Gasteiger partial charge in [-0.15, -0.1) is 0 Å². The van der Waals surface area contributed by atoms with E-state index in [0.29, 0.717) is 9.87 Å². The number of rotatable bonds is 9. The van der Waals surface area contributed by atoms with Crippen LogP contribution in [0.25, 0.3) is 0 Å². The highest BCUT2D eigenvalue weighted by Gasteiger charge is 2.36. The fourth-order valence-corrected chi connectivity index (χ4v) is 4.95. The zero-order valence-corrected chi connectivity index (χ0v) is 19.7. The van der Waals surface area contributed by atoms with Crippen LogP contribution in [0.5, 0.6) is 5.75 Å². The summed E-state index contributed by atoms with van der Waals surface area (Å²) in [6.07, 6.45) is -4.88. The van der Waals surface area contributed by atoms with Gasteiger partial charge in [-0.25, -0.2) is 12.7 Å². The summed E-state index contributed by atoms with van der Waals surface area (Å²) in [5, 5.41) is 20.8. The minimum atomic E-state index is -4.89. The van der Waals surface area contributed by atoms with Crippen molar-refractivity contribution < 1.29 is 36.0 Å². The Balaban J connectivity index is 2.10. The second-order valence-electron chi connectivity index (χ2n) is 7.53. The topological polar surface area (TPSA) is 131 Å². The number of sulfonamides is 1. The summed E-state index contributed by atoms with van der Waals surface area (Å²) >= 11 is 0. The molecule has 0 fully saturated rings. The van der Waals surface area contributed by atoms with Gasteiger partial charge >= 0.3 is 6.18 Å². The third-order valence-corrected chi connectivity index (χ3v) is 6.92. The number of carbonyl (C=O) groups is 1. The van der Waals surface area contributed by atoms with Crippen LogP contribution in [0.2, 0.25) is 0 Å². The number of hydrogen-bond acceptors (Lipinski definition) is 7. The van der Waals surface area contributed by atoms with Crippen LogP contribution in [0, 0.1) is 21.4 Å². The van der Waals surface area contributed by atoms with Gasteiger partial charge in [0, 0.05) is 12.6 Å². The van der Waals surface area contributed by atoms with E-state index in [2.05, 4.69) is 0 Å². The highest BCUT2D eigenvalue weighted by atomic mass is 32.2. The smallest absolute Gasteiger partial charge is 0.422 e. The Morgan fingerprint density at radius 2 is 1.65 bits per heavy atom. The van der Waals surface area contributed by atoms with E-state index in [1.165, 1.54) is 30.3 Å². The average molecular weight is 533 g/mol. The fourth-order valence-electron chi connectivity index (χ4n) is 3.41. The van der Waals surface area contributed by atoms with Gasteiger partial charge in [0.1, 0.15) is 5.75 Å². The minimum Gasteiger partial charge on any atom is -0.483 e. The molecule has 0 radical (unpaired) electrons. The van der Waals surface area contributed by atoms with Gasteiger partial charge in [0.15, 0.2) is 11.5 Å². The van der Waals surface area contributed by atoms with Crippen LogP contribution in [0.1, 0.15) is 21.5 Å². The van der Waals surface area contributed by atoms with Crippen molar-refractivity contribution in [1.29, 1.82) is 5.26 Å². The van der Waals surface area contributed by atoms with Crippen molar-refractivity contribution in [2.45, 2.75) is 17.5 Å². The number of alkyl halides is 3. The van der Waals surface area contributed by atoms with Crippen LogP contribution in [0.15, 0.2) is 77.7 Å². The van der Waals surface area contributed by atoms with Crippen molar-refractivity contribution in [3.63, 3.8) is 0 Å². The van der Waals surface area contributed by atoms with Crippen molar-refractivity contribution in [2.75, 3.05) is 13.2 Å². The van der Waals surface area contributed by atoms with E-state index in [1.54, 1.807) is 18.2 Å². The second-order valence-corrected chi connectivity index (χ2v) is 9.36. The molecule has 0 atom stereocenters. The number of nitro groups is 1. The molecule has 13 heteroatoms. The summed E-state index contributed by atoms with van der Waals surface area (Å²) < 4.78 is 70.5. The van der Waals surface area contributed by atoms with E-state index >= 15 is 0 Å². The summed E-state index contributed by atoms with van der Waals surface area (Å²) in [4.78, 5) is 23.3. The number of ether oxygens (including phenoxy) is 1. The van der Waals surface area contributed by atoms with Gasteiger partial charge in [-0.05, 0) is 36.2 Å². The normalized spacial score (nSPS) is 11.4.